The molecule has 0 amide bonds. The molecule has 0 radical (unpaired) electrons. The molecule has 0 aliphatic rings. The quantitative estimate of drug-likeness (QED) is 0.0201. The number of unbranched alkanes of at least 4 members (excludes halogenated alkanes) is 27. The van der Waals surface area contributed by atoms with Gasteiger partial charge in [-0.1, -0.05) is 181 Å². The zero-order chi connectivity index (χ0) is 38.4. The van der Waals surface area contributed by atoms with Crippen LogP contribution in [0.4, 0.5) is 0 Å². The van der Waals surface area contributed by atoms with Gasteiger partial charge in [0.25, 0.3) is 7.82 Å². The molecule has 0 heterocycles. The standard InChI is InChI=1S/C43H86NO7P/c1-6-8-10-12-14-16-18-20-21-22-23-24-25-27-29-31-33-35-38-48-40-42(41-50-52(46,47)49-39-37-44(3,4)5)51-43(45)36-34-32-30-28-26-19-17-15-13-11-9-7-2/h35,38,42H,6-34,36-37,39-41H2,1-5H3/b38-35-/t42-/m1/s1. The van der Waals surface area contributed by atoms with E-state index in [1.54, 1.807) is 6.26 Å². The number of hydrogen-bond acceptors (Lipinski definition) is 7. The van der Waals surface area contributed by atoms with Gasteiger partial charge < -0.3 is 27.9 Å². The van der Waals surface area contributed by atoms with Crippen molar-refractivity contribution < 1.29 is 37.3 Å². The highest BCUT2D eigenvalue weighted by Crippen LogP contribution is 2.38. The van der Waals surface area contributed by atoms with E-state index in [4.69, 9.17) is 18.5 Å². The van der Waals surface area contributed by atoms with Gasteiger partial charge in [0.2, 0.25) is 0 Å². The average Bonchev–Trinajstić information content (AvgIpc) is 3.09. The molecule has 0 fully saturated rings. The number of esters is 1. The molecule has 2 atom stereocenters. The van der Waals surface area contributed by atoms with Gasteiger partial charge in [0.15, 0.2) is 6.10 Å². The van der Waals surface area contributed by atoms with E-state index < -0.39 is 13.9 Å². The molecule has 0 saturated heterocycles. The van der Waals surface area contributed by atoms with Crippen LogP contribution in [-0.4, -0.2) is 64.1 Å². The molecule has 0 spiro atoms. The van der Waals surface area contributed by atoms with Crippen molar-refractivity contribution in [1.82, 2.24) is 0 Å². The van der Waals surface area contributed by atoms with Crippen molar-refractivity contribution >= 4 is 13.8 Å². The lowest BCUT2D eigenvalue weighted by atomic mass is 10.0. The second-order valence-corrected chi connectivity index (χ2v) is 17.5. The van der Waals surface area contributed by atoms with Crippen LogP contribution in [0.5, 0.6) is 0 Å². The number of likely N-dealkylation sites (N-methyl/N-ethyl adjacent to an activating group) is 1. The zero-order valence-corrected chi connectivity index (χ0v) is 35.9. The second-order valence-electron chi connectivity index (χ2n) is 16.1. The molecule has 0 N–H and O–H groups in total. The number of carbonyl (C=O) groups excluding carboxylic acids is 1. The fraction of sp³-hybridized carbons (Fsp3) is 0.930. The minimum absolute atomic E-state index is 0.0201. The van der Waals surface area contributed by atoms with Crippen molar-refractivity contribution in [3.05, 3.63) is 12.3 Å². The Morgan fingerprint density at radius 1 is 0.596 bits per heavy atom. The minimum Gasteiger partial charge on any atom is -0.756 e. The maximum Gasteiger partial charge on any atom is 0.306 e. The van der Waals surface area contributed by atoms with E-state index in [-0.39, 0.29) is 25.8 Å². The van der Waals surface area contributed by atoms with Crippen molar-refractivity contribution in [3.8, 4) is 0 Å². The van der Waals surface area contributed by atoms with E-state index in [1.807, 2.05) is 27.2 Å². The Morgan fingerprint density at radius 2 is 1.00 bits per heavy atom. The van der Waals surface area contributed by atoms with Crippen molar-refractivity contribution in [3.63, 3.8) is 0 Å². The summed E-state index contributed by atoms with van der Waals surface area (Å²) in [5.41, 5.74) is 0. The number of rotatable bonds is 41. The normalized spacial score (nSPS) is 13.8. The van der Waals surface area contributed by atoms with Gasteiger partial charge >= 0.3 is 5.97 Å². The van der Waals surface area contributed by atoms with E-state index in [0.29, 0.717) is 17.4 Å². The first-order chi connectivity index (χ1) is 25.1. The topological polar surface area (TPSA) is 94.1 Å². The van der Waals surface area contributed by atoms with Crippen LogP contribution in [0.15, 0.2) is 12.3 Å². The smallest absolute Gasteiger partial charge is 0.306 e. The summed E-state index contributed by atoms with van der Waals surface area (Å²) in [5, 5.41) is 0. The SMILES string of the molecule is CCCCCCCCCCCCCCCCCC/C=C\OC[C@H](COP(=O)([O-])OCC[N+](C)(C)C)OC(=O)CCCCCCCCCCCCCC. The molecule has 8 nitrogen and oxygen atoms in total. The Morgan fingerprint density at radius 3 is 1.42 bits per heavy atom. The number of ether oxygens (including phenoxy) is 2. The van der Waals surface area contributed by atoms with Crippen molar-refractivity contribution in [2.45, 2.75) is 213 Å². The third-order valence-corrected chi connectivity index (χ3v) is 10.6. The van der Waals surface area contributed by atoms with Crippen LogP contribution in [0.2, 0.25) is 0 Å². The molecule has 0 saturated carbocycles. The average molecular weight is 760 g/mol. The molecule has 0 rings (SSSR count). The van der Waals surface area contributed by atoms with E-state index in [1.165, 1.54) is 154 Å². The summed E-state index contributed by atoms with van der Waals surface area (Å²) in [5.74, 6) is -0.354. The summed E-state index contributed by atoms with van der Waals surface area (Å²) in [6, 6.07) is 0. The van der Waals surface area contributed by atoms with Crippen molar-refractivity contribution in [1.29, 1.82) is 0 Å². The molecule has 0 aromatic carbocycles. The van der Waals surface area contributed by atoms with Crippen LogP contribution in [0, 0.1) is 0 Å². The van der Waals surface area contributed by atoms with Crippen LogP contribution in [0.3, 0.4) is 0 Å². The predicted molar refractivity (Wildman–Crippen MR) is 217 cm³/mol. The van der Waals surface area contributed by atoms with Gasteiger partial charge in [-0.2, -0.15) is 0 Å². The van der Waals surface area contributed by atoms with E-state index in [9.17, 15) is 14.3 Å². The highest BCUT2D eigenvalue weighted by molar-refractivity contribution is 7.45. The summed E-state index contributed by atoms with van der Waals surface area (Å²) in [6.07, 6.45) is 40.3. The summed E-state index contributed by atoms with van der Waals surface area (Å²) in [6.45, 7) is 4.76. The number of phosphoric acid groups is 1. The molecule has 9 heteroatoms. The highest BCUT2D eigenvalue weighted by Gasteiger charge is 2.20. The first-order valence-corrected chi connectivity index (χ1v) is 23.4. The Labute approximate surface area is 322 Å². The van der Waals surface area contributed by atoms with Crippen molar-refractivity contribution in [2.24, 2.45) is 0 Å². The molecule has 0 aliphatic heterocycles. The Balaban J connectivity index is 4.22. The van der Waals surface area contributed by atoms with Crippen LogP contribution in [0.1, 0.15) is 206 Å². The number of quaternary nitrogens is 1. The summed E-state index contributed by atoms with van der Waals surface area (Å²) < 4.78 is 34.3. The van der Waals surface area contributed by atoms with Gasteiger partial charge in [-0.05, 0) is 25.3 Å². The first-order valence-electron chi connectivity index (χ1n) is 22.0. The van der Waals surface area contributed by atoms with E-state index in [2.05, 4.69) is 13.8 Å². The van der Waals surface area contributed by atoms with Crippen molar-refractivity contribution in [2.75, 3.05) is 47.5 Å². The van der Waals surface area contributed by atoms with Gasteiger partial charge in [-0.3, -0.25) is 9.36 Å². The minimum atomic E-state index is -4.53. The summed E-state index contributed by atoms with van der Waals surface area (Å²) in [4.78, 5) is 25.0. The number of allylic oxidation sites excluding steroid dienone is 1. The maximum absolute atomic E-state index is 12.6. The van der Waals surface area contributed by atoms with Gasteiger partial charge in [0.05, 0.1) is 34.0 Å². The number of carbonyl (C=O) groups is 1. The van der Waals surface area contributed by atoms with Crippen LogP contribution >= 0.6 is 7.82 Å². The molecule has 0 aromatic heterocycles. The monoisotopic (exact) mass is 760 g/mol. The fourth-order valence-electron chi connectivity index (χ4n) is 6.22. The fourth-order valence-corrected chi connectivity index (χ4v) is 6.95. The number of nitrogens with zero attached hydrogens (tertiary/aromatic N) is 1. The number of phosphoric ester groups is 1. The molecule has 52 heavy (non-hydrogen) atoms. The third-order valence-electron chi connectivity index (χ3n) is 9.66. The molecule has 0 aliphatic carbocycles. The first kappa shape index (κ1) is 51.1. The number of hydrogen-bond donors (Lipinski definition) is 0. The van der Waals surface area contributed by atoms with E-state index in [0.717, 1.165) is 32.1 Å². The summed E-state index contributed by atoms with van der Waals surface area (Å²) >= 11 is 0. The Kier molecular flexibility index (Phi) is 36.4. The Bertz CT molecular complexity index is 848. The van der Waals surface area contributed by atoms with Gasteiger partial charge in [-0.25, -0.2) is 0 Å². The van der Waals surface area contributed by atoms with Crippen LogP contribution in [-0.2, 0) is 27.9 Å². The Hall–Kier alpha value is -0.920. The van der Waals surface area contributed by atoms with Gasteiger partial charge in [0, 0.05) is 6.42 Å². The molecule has 0 aromatic rings. The van der Waals surface area contributed by atoms with Gasteiger partial charge in [0.1, 0.15) is 19.8 Å². The predicted octanol–water partition coefficient (Wildman–Crippen LogP) is 12.4. The second kappa shape index (κ2) is 37.0. The lowest BCUT2D eigenvalue weighted by Gasteiger charge is -2.28. The molecule has 310 valence electrons. The highest BCUT2D eigenvalue weighted by atomic mass is 31.2. The van der Waals surface area contributed by atoms with Crippen LogP contribution < -0.4 is 4.89 Å². The van der Waals surface area contributed by atoms with Gasteiger partial charge in [-0.15, -0.1) is 0 Å². The molecular weight excluding hydrogens is 673 g/mol. The largest absolute Gasteiger partial charge is 0.756 e. The lowest BCUT2D eigenvalue weighted by Crippen LogP contribution is -2.37. The molecule has 1 unspecified atom stereocenters. The maximum atomic E-state index is 12.6. The molecule has 0 bridgehead atoms. The lowest BCUT2D eigenvalue weighted by molar-refractivity contribution is -0.870. The zero-order valence-electron chi connectivity index (χ0n) is 35.0. The molecular formula is C43H86NO7P. The third kappa shape index (κ3) is 40.3. The van der Waals surface area contributed by atoms with Crippen LogP contribution in [0.25, 0.3) is 0 Å². The summed E-state index contributed by atoms with van der Waals surface area (Å²) in [7, 11) is 1.34. The van der Waals surface area contributed by atoms with E-state index >= 15 is 0 Å².